The highest BCUT2D eigenvalue weighted by molar-refractivity contribution is 9.15. The van der Waals surface area contributed by atoms with E-state index in [4.69, 9.17) is 0 Å². The Morgan fingerprint density at radius 2 is 1.04 bits per heavy atom. The Kier molecular flexibility index (Phi) is 15.4. The Morgan fingerprint density at radius 3 is 1.46 bits per heavy atom. The van der Waals surface area contributed by atoms with Crippen LogP contribution < -0.4 is 0 Å². The number of piperidine rings is 2. The molecule has 2 saturated heterocycles. The van der Waals surface area contributed by atoms with Crippen LogP contribution in [-0.2, 0) is 0 Å². The van der Waals surface area contributed by atoms with Crippen molar-refractivity contribution in [1.82, 2.24) is 19.6 Å². The number of non-ortho nitro benzene ring substituents is 1. The van der Waals surface area contributed by atoms with Crippen LogP contribution in [0.5, 0.6) is 0 Å². The average molecular weight is 773 g/mol. The van der Waals surface area contributed by atoms with Gasteiger partial charge in [-0.15, -0.1) is 0 Å². The van der Waals surface area contributed by atoms with Gasteiger partial charge < -0.3 is 19.6 Å². The lowest BCUT2D eigenvalue weighted by Gasteiger charge is -2.27. The molecule has 2 amide bonds. The van der Waals surface area contributed by atoms with Gasteiger partial charge in [0.1, 0.15) is 0 Å². The van der Waals surface area contributed by atoms with Gasteiger partial charge in [-0.05, 0) is 114 Å². The summed E-state index contributed by atoms with van der Waals surface area (Å²) in [5, 5.41) is 11.3. The maximum Gasteiger partial charge on any atom is 0.270 e. The van der Waals surface area contributed by atoms with Crippen molar-refractivity contribution in [2.45, 2.75) is 53.4 Å². The lowest BCUT2D eigenvalue weighted by Crippen LogP contribution is -2.30. The van der Waals surface area contributed by atoms with E-state index in [1.54, 1.807) is 17.0 Å². The second-order valence-corrected chi connectivity index (χ2v) is 14.2. The zero-order chi connectivity index (χ0) is 37.8. The van der Waals surface area contributed by atoms with Crippen molar-refractivity contribution in [3.8, 4) is 0 Å². The van der Waals surface area contributed by atoms with Gasteiger partial charge >= 0.3 is 0 Å². The van der Waals surface area contributed by atoms with Crippen LogP contribution in [0.4, 0.5) is 5.69 Å². The Hall–Kier alpha value is -4.12. The van der Waals surface area contributed by atoms with Gasteiger partial charge in [-0.1, -0.05) is 63.5 Å². The first kappa shape index (κ1) is 40.6. The van der Waals surface area contributed by atoms with Crippen LogP contribution >= 0.6 is 15.9 Å². The first-order valence-corrected chi connectivity index (χ1v) is 19.3. The van der Waals surface area contributed by atoms with Gasteiger partial charge in [0.05, 0.1) is 4.92 Å². The molecule has 9 nitrogen and oxygen atoms in total. The zero-order valence-electron chi connectivity index (χ0n) is 31.7. The molecular weight excluding hydrogens is 718 g/mol. The molecule has 3 aromatic carbocycles. The third-order valence-electron chi connectivity index (χ3n) is 10.1. The number of amides is 2. The number of carbonyl (C=O) groups excluding carboxylic acids is 2. The highest BCUT2D eigenvalue weighted by atomic mass is 79.9. The summed E-state index contributed by atoms with van der Waals surface area (Å²) in [6.07, 6.45) is 4.07. The summed E-state index contributed by atoms with van der Waals surface area (Å²) in [5.74, 6) is 0.134. The molecule has 2 fully saturated rings. The minimum atomic E-state index is -0.355. The standard InChI is InChI=1S/C24H29N3O3.C18H25BrN2O/c1-4-26(5-2)24(28)20-11-9-18(10-12-20)23(19-13-15-25(3)16-14-19)21-7-6-8-22(17-21)27(29)30;1-4-21(5-2)18(22)16-8-6-14(7-9-16)17(19)15-10-12-20(3)13-11-15/h6-12,17H,4-5,13-16H2,1-3H3;6-9H,4-5,10-13H2,1-3H3. The molecule has 0 N–H and O–H groups in total. The van der Waals surface area contributed by atoms with Crippen molar-refractivity contribution in [3.05, 3.63) is 122 Å². The lowest BCUT2D eigenvalue weighted by molar-refractivity contribution is -0.384. The Morgan fingerprint density at radius 1 is 0.635 bits per heavy atom. The number of benzene rings is 3. The van der Waals surface area contributed by atoms with E-state index in [-0.39, 0.29) is 22.4 Å². The molecule has 2 heterocycles. The number of nitrogens with zero attached hydrogens (tertiary/aromatic N) is 5. The van der Waals surface area contributed by atoms with E-state index in [9.17, 15) is 19.7 Å². The summed E-state index contributed by atoms with van der Waals surface area (Å²) in [6, 6.07) is 22.5. The van der Waals surface area contributed by atoms with Crippen LogP contribution in [-0.4, -0.2) is 103 Å². The van der Waals surface area contributed by atoms with E-state index >= 15 is 0 Å². The Labute approximate surface area is 318 Å². The third kappa shape index (κ3) is 10.5. The van der Waals surface area contributed by atoms with Crippen molar-refractivity contribution in [1.29, 1.82) is 0 Å². The summed E-state index contributed by atoms with van der Waals surface area (Å²) in [5.41, 5.74) is 8.35. The second kappa shape index (κ2) is 19.6. The number of nitro groups is 1. The van der Waals surface area contributed by atoms with Crippen molar-refractivity contribution in [2.75, 3.05) is 66.5 Å². The molecular formula is C42H54BrN5O4. The number of nitro benzene ring substituents is 1. The maximum absolute atomic E-state index is 12.6. The van der Waals surface area contributed by atoms with Crippen LogP contribution in [0, 0.1) is 10.1 Å². The average Bonchev–Trinajstić information content (AvgIpc) is 3.17. The van der Waals surface area contributed by atoms with E-state index in [2.05, 4.69) is 39.8 Å². The van der Waals surface area contributed by atoms with Crippen molar-refractivity contribution < 1.29 is 14.5 Å². The van der Waals surface area contributed by atoms with Crippen LogP contribution in [0.1, 0.15) is 90.8 Å². The lowest BCUT2D eigenvalue weighted by atomic mass is 9.88. The molecule has 52 heavy (non-hydrogen) atoms. The van der Waals surface area contributed by atoms with E-state index in [0.29, 0.717) is 18.7 Å². The van der Waals surface area contributed by atoms with Gasteiger partial charge in [0, 0.05) is 80.1 Å². The predicted octanol–water partition coefficient (Wildman–Crippen LogP) is 8.60. The molecule has 10 heteroatoms. The molecule has 0 aliphatic carbocycles. The minimum absolute atomic E-state index is 0.0235. The first-order valence-electron chi connectivity index (χ1n) is 18.5. The smallest absolute Gasteiger partial charge is 0.270 e. The van der Waals surface area contributed by atoms with Crippen LogP contribution in [0.15, 0.2) is 83.9 Å². The molecule has 5 rings (SSSR count). The van der Waals surface area contributed by atoms with Crippen LogP contribution in [0.2, 0.25) is 0 Å². The molecule has 0 bridgehead atoms. The van der Waals surface area contributed by atoms with Gasteiger partial charge in [-0.3, -0.25) is 19.7 Å². The van der Waals surface area contributed by atoms with Gasteiger partial charge in [-0.25, -0.2) is 0 Å². The van der Waals surface area contributed by atoms with Gasteiger partial charge in [0.2, 0.25) is 0 Å². The molecule has 3 aromatic rings. The molecule has 2 aliphatic rings. The van der Waals surface area contributed by atoms with Gasteiger partial charge in [0.15, 0.2) is 0 Å². The second-order valence-electron chi connectivity index (χ2n) is 13.4. The van der Waals surface area contributed by atoms with Crippen molar-refractivity contribution in [3.63, 3.8) is 0 Å². The first-order chi connectivity index (χ1) is 25.0. The highest BCUT2D eigenvalue weighted by Crippen LogP contribution is 2.34. The minimum Gasteiger partial charge on any atom is -0.339 e. The summed E-state index contributed by atoms with van der Waals surface area (Å²) in [4.78, 5) is 44.2. The molecule has 0 spiro atoms. The van der Waals surface area contributed by atoms with E-state index in [1.807, 2.05) is 87.2 Å². The summed E-state index contributed by atoms with van der Waals surface area (Å²) in [6.45, 7) is 15.0. The molecule has 0 atom stereocenters. The molecule has 0 radical (unpaired) electrons. The maximum atomic E-state index is 12.6. The number of carbonyl (C=O) groups is 2. The van der Waals surface area contributed by atoms with E-state index < -0.39 is 0 Å². The molecule has 0 unspecified atom stereocenters. The van der Waals surface area contributed by atoms with E-state index in [1.165, 1.54) is 21.7 Å². The zero-order valence-corrected chi connectivity index (χ0v) is 33.2. The SMILES string of the molecule is CCN(CC)C(=O)c1ccc(C(=C2CCN(C)CC2)c2cccc([N+](=O)[O-])c2)cc1.CCN(CC)C(=O)c1ccc(C(Br)=C2CCN(C)CC2)cc1. The molecule has 278 valence electrons. The predicted molar refractivity (Wildman–Crippen MR) is 216 cm³/mol. The molecule has 2 aliphatic heterocycles. The number of rotatable bonds is 10. The summed E-state index contributed by atoms with van der Waals surface area (Å²) in [7, 11) is 4.27. The van der Waals surface area contributed by atoms with Gasteiger partial charge in [-0.2, -0.15) is 0 Å². The largest absolute Gasteiger partial charge is 0.339 e. The molecule has 0 saturated carbocycles. The Balaban J connectivity index is 0.000000244. The Bertz CT molecular complexity index is 1720. The van der Waals surface area contributed by atoms with Crippen molar-refractivity contribution in [2.24, 2.45) is 0 Å². The van der Waals surface area contributed by atoms with Gasteiger partial charge in [0.25, 0.3) is 17.5 Å². The van der Waals surface area contributed by atoms with Crippen LogP contribution in [0.25, 0.3) is 10.1 Å². The fourth-order valence-corrected chi connectivity index (χ4v) is 7.39. The fraction of sp³-hybridized carbons (Fsp3) is 0.429. The van der Waals surface area contributed by atoms with Crippen LogP contribution in [0.3, 0.4) is 0 Å². The number of hydrogen-bond acceptors (Lipinski definition) is 6. The summed E-state index contributed by atoms with van der Waals surface area (Å²) >= 11 is 3.75. The third-order valence-corrected chi connectivity index (χ3v) is 11.1. The highest BCUT2D eigenvalue weighted by Gasteiger charge is 2.20. The topological polar surface area (TPSA) is 90.2 Å². The summed E-state index contributed by atoms with van der Waals surface area (Å²) < 4.78 is 1.20. The quantitative estimate of drug-likeness (QED) is 0.152. The number of halogens is 1. The monoisotopic (exact) mass is 771 g/mol. The van der Waals surface area contributed by atoms with Crippen molar-refractivity contribution >= 4 is 43.5 Å². The van der Waals surface area contributed by atoms with E-state index in [0.717, 1.165) is 92.8 Å². The fourth-order valence-electron chi connectivity index (χ4n) is 6.73. The normalized spacial score (nSPS) is 15.0. The number of likely N-dealkylation sites (tertiary alicyclic amines) is 2. The number of hydrogen-bond donors (Lipinski definition) is 0. The molecule has 0 aromatic heterocycles.